The summed E-state index contributed by atoms with van der Waals surface area (Å²) in [6.45, 7) is 0. The normalized spacial score (nSPS) is 10.9. The Morgan fingerprint density at radius 1 is 0.964 bits per heavy atom. The summed E-state index contributed by atoms with van der Waals surface area (Å²) < 4.78 is 37.8. The third-order valence-electron chi connectivity index (χ3n) is 3.51. The van der Waals surface area contributed by atoms with Crippen LogP contribution in [0.2, 0.25) is 0 Å². The molecule has 0 unspecified atom stereocenters. The molecule has 1 amide bonds. The van der Waals surface area contributed by atoms with Crippen molar-refractivity contribution in [2.75, 3.05) is 5.32 Å². The van der Waals surface area contributed by atoms with Crippen molar-refractivity contribution in [2.45, 2.75) is 4.90 Å². The second-order valence-corrected chi connectivity index (χ2v) is 6.85. The maximum atomic E-state index is 12.3. The Hall–Kier alpha value is -3.63. The molecular weight excluding hydrogens is 386 g/mol. The molecule has 2 heterocycles. The molecule has 0 bridgehead atoms. The lowest BCUT2D eigenvalue weighted by Gasteiger charge is -2.11. The van der Waals surface area contributed by atoms with E-state index in [-0.39, 0.29) is 22.6 Å². The average Bonchev–Trinajstić information content (AvgIpc) is 2.68. The number of ether oxygens (including phenoxy) is 1. The van der Waals surface area contributed by atoms with Crippen molar-refractivity contribution in [3.63, 3.8) is 0 Å². The van der Waals surface area contributed by atoms with Crippen molar-refractivity contribution in [3.05, 3.63) is 78.4 Å². The van der Waals surface area contributed by atoms with Gasteiger partial charge in [-0.25, -0.2) is 4.79 Å². The zero-order valence-corrected chi connectivity index (χ0v) is 15.0. The van der Waals surface area contributed by atoms with E-state index in [0.717, 1.165) is 12.1 Å². The molecule has 0 aliphatic heterocycles. The fourth-order valence-corrected chi connectivity index (χ4v) is 2.86. The maximum Gasteiger partial charge on any atom is 0.345 e. The minimum Gasteiger partial charge on any atom is -0.423 e. The fraction of sp³-hybridized carbons (Fsp3) is 0. The number of pyridine rings is 2. The van der Waals surface area contributed by atoms with Gasteiger partial charge in [-0.3, -0.25) is 19.3 Å². The number of amides is 1. The van der Waals surface area contributed by atoms with Gasteiger partial charge in [-0.05, 0) is 36.4 Å². The topological polar surface area (TPSA) is 136 Å². The molecule has 142 valence electrons. The molecular formula is C18H13N3O6S. The number of carbonyl (C=O) groups excluding carboxylic acids is 2. The van der Waals surface area contributed by atoms with Gasteiger partial charge in [0.2, 0.25) is 0 Å². The average molecular weight is 399 g/mol. The van der Waals surface area contributed by atoms with E-state index in [4.69, 9.17) is 4.74 Å². The van der Waals surface area contributed by atoms with E-state index in [1.54, 1.807) is 6.07 Å². The third kappa shape index (κ3) is 4.55. The summed E-state index contributed by atoms with van der Waals surface area (Å²) in [5.41, 5.74) is 0.0942. The fourth-order valence-electron chi connectivity index (χ4n) is 2.24. The lowest BCUT2D eigenvalue weighted by atomic mass is 10.2. The molecule has 0 aliphatic rings. The van der Waals surface area contributed by atoms with Crippen LogP contribution in [-0.2, 0) is 10.1 Å². The number of nitrogens with one attached hydrogen (secondary N) is 1. The number of benzene rings is 1. The van der Waals surface area contributed by atoms with Gasteiger partial charge in [0, 0.05) is 30.9 Å². The van der Waals surface area contributed by atoms with Gasteiger partial charge < -0.3 is 10.1 Å². The lowest BCUT2D eigenvalue weighted by Crippen LogP contribution is -2.15. The van der Waals surface area contributed by atoms with E-state index in [0.29, 0.717) is 0 Å². The van der Waals surface area contributed by atoms with Crippen LogP contribution >= 0.6 is 0 Å². The smallest absolute Gasteiger partial charge is 0.345 e. The van der Waals surface area contributed by atoms with Crippen molar-refractivity contribution >= 4 is 27.7 Å². The molecule has 0 aliphatic carbocycles. The van der Waals surface area contributed by atoms with Gasteiger partial charge in [0.15, 0.2) is 0 Å². The second kappa shape index (κ2) is 7.94. The molecule has 10 heteroatoms. The Morgan fingerprint density at radius 2 is 1.61 bits per heavy atom. The predicted molar refractivity (Wildman–Crippen MR) is 97.6 cm³/mol. The van der Waals surface area contributed by atoms with E-state index >= 15 is 0 Å². The predicted octanol–water partition coefficient (Wildman–Crippen LogP) is 2.19. The van der Waals surface area contributed by atoms with Gasteiger partial charge in [-0.15, -0.1) is 0 Å². The van der Waals surface area contributed by atoms with Crippen LogP contribution < -0.4 is 10.1 Å². The summed E-state index contributed by atoms with van der Waals surface area (Å²) in [5, 5.41) is 2.37. The first-order valence-electron chi connectivity index (χ1n) is 7.80. The number of esters is 1. The molecule has 0 radical (unpaired) electrons. The lowest BCUT2D eigenvalue weighted by molar-refractivity contribution is 0.0734. The van der Waals surface area contributed by atoms with Gasteiger partial charge in [-0.1, -0.05) is 0 Å². The van der Waals surface area contributed by atoms with Crippen LogP contribution in [0.4, 0.5) is 5.69 Å². The summed E-state index contributed by atoms with van der Waals surface area (Å²) in [5.74, 6) is -1.42. The molecule has 3 aromatic rings. The highest BCUT2D eigenvalue weighted by molar-refractivity contribution is 7.86. The molecule has 2 N–H and O–H groups in total. The molecule has 0 atom stereocenters. The summed E-state index contributed by atoms with van der Waals surface area (Å²) in [6, 6.07) is 9.36. The van der Waals surface area contributed by atoms with E-state index in [9.17, 15) is 22.6 Å². The number of anilines is 1. The van der Waals surface area contributed by atoms with Crippen LogP contribution in [-0.4, -0.2) is 34.8 Å². The number of aromatic nitrogens is 2. The largest absolute Gasteiger partial charge is 0.423 e. The molecule has 2 aromatic heterocycles. The highest BCUT2D eigenvalue weighted by Crippen LogP contribution is 2.27. The Kier molecular flexibility index (Phi) is 5.43. The van der Waals surface area contributed by atoms with Crippen molar-refractivity contribution in [3.8, 4) is 5.75 Å². The Labute approximate surface area is 159 Å². The Bertz CT molecular complexity index is 1120. The summed E-state index contributed by atoms with van der Waals surface area (Å²) in [6.07, 6.45) is 5.55. The van der Waals surface area contributed by atoms with E-state index < -0.39 is 26.9 Å². The number of hydrogen-bond donors (Lipinski definition) is 2. The number of rotatable bonds is 5. The van der Waals surface area contributed by atoms with Gasteiger partial charge in [0.1, 0.15) is 10.6 Å². The minimum atomic E-state index is -4.64. The zero-order chi connectivity index (χ0) is 20.1. The number of hydrogen-bond acceptors (Lipinski definition) is 7. The monoisotopic (exact) mass is 399 g/mol. The van der Waals surface area contributed by atoms with Crippen LogP contribution in [0, 0.1) is 0 Å². The summed E-state index contributed by atoms with van der Waals surface area (Å²) in [4.78, 5) is 31.5. The number of carbonyl (C=O) groups is 2. The van der Waals surface area contributed by atoms with Crippen molar-refractivity contribution < 1.29 is 27.3 Å². The van der Waals surface area contributed by atoms with E-state index in [2.05, 4.69) is 15.3 Å². The molecule has 3 rings (SSSR count). The summed E-state index contributed by atoms with van der Waals surface area (Å²) in [7, 11) is -4.64. The van der Waals surface area contributed by atoms with Crippen LogP contribution in [0.1, 0.15) is 20.7 Å². The first kappa shape index (κ1) is 19.1. The zero-order valence-electron chi connectivity index (χ0n) is 14.1. The second-order valence-electron chi connectivity index (χ2n) is 5.46. The highest BCUT2D eigenvalue weighted by atomic mass is 32.2. The van der Waals surface area contributed by atoms with E-state index in [1.807, 2.05) is 0 Å². The standard InChI is InChI=1S/C18H13N3O6S/c22-17(12-3-1-7-19-10-12)21-15-9-14(5-6-16(15)28(24,25)26)27-18(23)13-4-2-8-20-11-13/h1-11H,(H,21,22)(H,24,25,26). The number of nitrogens with zero attached hydrogens (tertiary/aromatic N) is 2. The van der Waals surface area contributed by atoms with Crippen molar-refractivity contribution in [2.24, 2.45) is 0 Å². The molecule has 28 heavy (non-hydrogen) atoms. The molecule has 1 aromatic carbocycles. The first-order chi connectivity index (χ1) is 13.3. The first-order valence-corrected chi connectivity index (χ1v) is 9.24. The Balaban J connectivity index is 1.91. The quantitative estimate of drug-likeness (QED) is 0.379. The van der Waals surface area contributed by atoms with Gasteiger partial charge in [0.25, 0.3) is 16.0 Å². The Morgan fingerprint density at radius 3 is 2.18 bits per heavy atom. The SMILES string of the molecule is O=C(Nc1cc(OC(=O)c2cccnc2)ccc1S(=O)(=O)O)c1cccnc1. The minimum absolute atomic E-state index is 0.0391. The highest BCUT2D eigenvalue weighted by Gasteiger charge is 2.20. The van der Waals surface area contributed by atoms with Crippen LogP contribution in [0.15, 0.2) is 72.1 Å². The van der Waals surface area contributed by atoms with Gasteiger partial charge in [0.05, 0.1) is 16.8 Å². The molecule has 9 nitrogen and oxygen atoms in total. The van der Waals surface area contributed by atoms with Gasteiger partial charge in [-0.2, -0.15) is 8.42 Å². The van der Waals surface area contributed by atoms with Crippen LogP contribution in [0.3, 0.4) is 0 Å². The maximum absolute atomic E-state index is 12.3. The van der Waals surface area contributed by atoms with Crippen molar-refractivity contribution in [1.29, 1.82) is 0 Å². The van der Waals surface area contributed by atoms with E-state index in [1.165, 1.54) is 49.1 Å². The van der Waals surface area contributed by atoms with Crippen LogP contribution in [0.25, 0.3) is 0 Å². The molecule has 0 saturated heterocycles. The third-order valence-corrected chi connectivity index (χ3v) is 4.42. The summed E-state index contributed by atoms with van der Waals surface area (Å²) >= 11 is 0. The molecule has 0 saturated carbocycles. The van der Waals surface area contributed by atoms with Gasteiger partial charge >= 0.3 is 5.97 Å². The molecule has 0 fully saturated rings. The molecule has 0 spiro atoms. The van der Waals surface area contributed by atoms with Crippen molar-refractivity contribution in [1.82, 2.24) is 9.97 Å². The van der Waals surface area contributed by atoms with Crippen LogP contribution in [0.5, 0.6) is 5.75 Å².